The topological polar surface area (TPSA) is 113 Å². The van der Waals surface area contributed by atoms with Crippen LogP contribution in [0.3, 0.4) is 0 Å². The van der Waals surface area contributed by atoms with Crippen molar-refractivity contribution in [1.82, 2.24) is 0 Å². The fourth-order valence-corrected chi connectivity index (χ4v) is 0.925. The van der Waals surface area contributed by atoms with Crippen molar-refractivity contribution in [2.24, 2.45) is 0 Å². The van der Waals surface area contributed by atoms with Crippen LogP contribution >= 0.6 is 0 Å². The number of aliphatic hydroxyl groups excluding tert-OH is 3. The van der Waals surface area contributed by atoms with Gasteiger partial charge in [0.05, 0.1) is 13.7 Å². The summed E-state index contributed by atoms with van der Waals surface area (Å²) in [4.78, 5) is 22.1. The van der Waals surface area contributed by atoms with Crippen LogP contribution < -0.4 is 0 Å². The summed E-state index contributed by atoms with van der Waals surface area (Å²) in [5.74, 6) is -2.04. The maximum atomic E-state index is 11.3. The minimum atomic E-state index is -1.83. The molecule has 0 bridgehead atoms. The molecule has 0 aliphatic heterocycles. The molecule has 0 fully saturated rings. The number of rotatable bonds is 6. The molecule has 0 aliphatic carbocycles. The summed E-state index contributed by atoms with van der Waals surface area (Å²) >= 11 is 0. The lowest BCUT2D eigenvalue weighted by Gasteiger charge is -2.20. The molecule has 0 aliphatic rings. The molecular weight excluding hydrogens is 208 g/mol. The Labute approximate surface area is 86.2 Å². The molecular formula is C8H14O7. The lowest BCUT2D eigenvalue weighted by molar-refractivity contribution is -0.165. The van der Waals surface area contributed by atoms with Crippen LogP contribution in [0.2, 0.25) is 0 Å². The van der Waals surface area contributed by atoms with Crippen LogP contribution in [0, 0.1) is 0 Å². The largest absolute Gasteiger partial charge is 0.467 e. The number of esters is 1. The number of Topliss-reactive ketones (excluding diaryl/α,β-unsaturated/α-hetero) is 1. The highest BCUT2D eigenvalue weighted by molar-refractivity contribution is 5.92. The number of hydrogen-bond acceptors (Lipinski definition) is 7. The highest BCUT2D eigenvalue weighted by Crippen LogP contribution is 2.05. The number of methoxy groups -OCH3 is 2. The predicted molar refractivity (Wildman–Crippen MR) is 46.9 cm³/mol. The van der Waals surface area contributed by atoms with Crippen molar-refractivity contribution in [2.75, 3.05) is 20.8 Å². The van der Waals surface area contributed by atoms with Gasteiger partial charge in [0.2, 0.25) is 0 Å². The monoisotopic (exact) mass is 222 g/mol. The lowest BCUT2D eigenvalue weighted by atomic mass is 10.1. The van der Waals surface area contributed by atoms with E-state index in [0.29, 0.717) is 0 Å². The minimum Gasteiger partial charge on any atom is -0.467 e. The molecule has 7 nitrogen and oxygen atoms in total. The molecule has 0 aromatic heterocycles. The maximum Gasteiger partial charge on any atom is 0.337 e. The maximum absolute atomic E-state index is 11.3. The molecule has 0 saturated carbocycles. The third-order valence-corrected chi connectivity index (χ3v) is 1.77. The number of ether oxygens (including phenoxy) is 2. The van der Waals surface area contributed by atoms with E-state index in [1.807, 2.05) is 0 Å². The summed E-state index contributed by atoms with van der Waals surface area (Å²) in [6.07, 6.45) is -5.08. The molecule has 3 N–H and O–H groups in total. The first-order valence-corrected chi connectivity index (χ1v) is 4.10. The predicted octanol–water partition coefficient (Wildman–Crippen LogP) is -2.54. The first-order chi connectivity index (χ1) is 6.99. The second-order valence-electron chi connectivity index (χ2n) is 2.73. The van der Waals surface area contributed by atoms with Gasteiger partial charge in [-0.05, 0) is 0 Å². The second kappa shape index (κ2) is 6.46. The standard InChI is InChI=1S/C8H14O7/c1-14-7(5(11)4(10)3-9)6(12)8(13)15-2/h4,6-7,9-10,12H,3H2,1-2H3/t4-,6-,7-/m0/s1. The molecule has 0 aromatic carbocycles. The Balaban J connectivity index is 4.61. The molecule has 0 rings (SSSR count). The quantitative estimate of drug-likeness (QED) is 0.424. The molecule has 88 valence electrons. The van der Waals surface area contributed by atoms with Crippen LogP contribution in [0.1, 0.15) is 0 Å². The molecule has 0 saturated heterocycles. The highest BCUT2D eigenvalue weighted by Gasteiger charge is 2.35. The van der Waals surface area contributed by atoms with Crippen molar-refractivity contribution >= 4 is 11.8 Å². The van der Waals surface area contributed by atoms with Gasteiger partial charge in [0, 0.05) is 7.11 Å². The van der Waals surface area contributed by atoms with Gasteiger partial charge in [0.25, 0.3) is 0 Å². The van der Waals surface area contributed by atoms with E-state index in [4.69, 9.17) is 10.2 Å². The van der Waals surface area contributed by atoms with Crippen molar-refractivity contribution in [3.8, 4) is 0 Å². The van der Waals surface area contributed by atoms with Crippen LogP contribution in [-0.4, -0.2) is 66.2 Å². The number of carbonyl (C=O) groups is 2. The van der Waals surface area contributed by atoms with Gasteiger partial charge in [-0.15, -0.1) is 0 Å². The molecule has 15 heavy (non-hydrogen) atoms. The van der Waals surface area contributed by atoms with Gasteiger partial charge in [-0.1, -0.05) is 0 Å². The van der Waals surface area contributed by atoms with Crippen molar-refractivity contribution in [1.29, 1.82) is 0 Å². The van der Waals surface area contributed by atoms with E-state index in [1.165, 1.54) is 0 Å². The molecule has 3 atom stereocenters. The van der Waals surface area contributed by atoms with Gasteiger partial charge in [-0.25, -0.2) is 4.79 Å². The smallest absolute Gasteiger partial charge is 0.337 e. The molecule has 0 aromatic rings. The molecule has 0 spiro atoms. The normalized spacial score (nSPS) is 16.6. The summed E-state index contributed by atoms with van der Waals surface area (Å²) in [5, 5.41) is 26.8. The zero-order chi connectivity index (χ0) is 12.0. The average Bonchev–Trinajstić information content (AvgIpc) is 2.27. The summed E-state index contributed by atoms with van der Waals surface area (Å²) in [7, 11) is 2.12. The SMILES string of the molecule is COC(=O)[C@@H](O)[C@@H](OC)C(=O)[C@@H](O)CO. The lowest BCUT2D eigenvalue weighted by Crippen LogP contribution is -2.46. The Morgan fingerprint density at radius 3 is 2.13 bits per heavy atom. The van der Waals surface area contributed by atoms with Crippen LogP contribution in [0.15, 0.2) is 0 Å². The van der Waals surface area contributed by atoms with Crippen LogP contribution in [0.4, 0.5) is 0 Å². The van der Waals surface area contributed by atoms with Crippen LogP contribution in [0.25, 0.3) is 0 Å². The van der Waals surface area contributed by atoms with E-state index in [9.17, 15) is 14.7 Å². The van der Waals surface area contributed by atoms with Crippen LogP contribution in [0.5, 0.6) is 0 Å². The molecule has 0 unspecified atom stereocenters. The first-order valence-electron chi connectivity index (χ1n) is 4.10. The Kier molecular flexibility index (Phi) is 6.02. The third kappa shape index (κ3) is 3.56. The van der Waals surface area contributed by atoms with Crippen molar-refractivity contribution in [3.05, 3.63) is 0 Å². The molecule has 0 heterocycles. The van der Waals surface area contributed by atoms with E-state index < -0.39 is 36.7 Å². The van der Waals surface area contributed by atoms with Gasteiger partial charge in [0.1, 0.15) is 6.10 Å². The summed E-state index contributed by atoms with van der Waals surface area (Å²) < 4.78 is 8.74. The summed E-state index contributed by atoms with van der Waals surface area (Å²) in [6, 6.07) is 0. The summed E-state index contributed by atoms with van der Waals surface area (Å²) in [5.41, 5.74) is 0. The highest BCUT2D eigenvalue weighted by atomic mass is 16.5. The van der Waals surface area contributed by atoms with Gasteiger partial charge >= 0.3 is 5.97 Å². The number of hydrogen-bond donors (Lipinski definition) is 3. The zero-order valence-electron chi connectivity index (χ0n) is 8.41. The van der Waals surface area contributed by atoms with Gasteiger partial charge in [-0.3, -0.25) is 4.79 Å². The summed E-state index contributed by atoms with van der Waals surface area (Å²) in [6.45, 7) is -0.813. The number of aliphatic hydroxyl groups is 3. The van der Waals surface area contributed by atoms with Crippen molar-refractivity contribution in [3.63, 3.8) is 0 Å². The molecule has 0 radical (unpaired) electrons. The van der Waals surface area contributed by atoms with Gasteiger partial charge in [-0.2, -0.15) is 0 Å². The molecule has 0 amide bonds. The Bertz CT molecular complexity index is 227. The van der Waals surface area contributed by atoms with Gasteiger partial charge in [0.15, 0.2) is 18.0 Å². The minimum absolute atomic E-state index is 0.813. The van der Waals surface area contributed by atoms with E-state index in [-0.39, 0.29) is 0 Å². The number of carbonyl (C=O) groups excluding carboxylic acids is 2. The Hall–Kier alpha value is -1.02. The van der Waals surface area contributed by atoms with E-state index in [1.54, 1.807) is 0 Å². The van der Waals surface area contributed by atoms with Crippen molar-refractivity contribution < 1.29 is 34.4 Å². The second-order valence-corrected chi connectivity index (χ2v) is 2.73. The first kappa shape index (κ1) is 14.0. The Morgan fingerprint density at radius 1 is 1.27 bits per heavy atom. The average molecular weight is 222 g/mol. The van der Waals surface area contributed by atoms with Gasteiger partial charge < -0.3 is 24.8 Å². The van der Waals surface area contributed by atoms with E-state index in [0.717, 1.165) is 14.2 Å². The van der Waals surface area contributed by atoms with E-state index >= 15 is 0 Å². The number of ketones is 1. The third-order valence-electron chi connectivity index (χ3n) is 1.77. The zero-order valence-corrected chi connectivity index (χ0v) is 8.41. The fourth-order valence-electron chi connectivity index (χ4n) is 0.925. The van der Waals surface area contributed by atoms with Crippen molar-refractivity contribution in [2.45, 2.75) is 18.3 Å². The molecule has 7 heteroatoms. The van der Waals surface area contributed by atoms with E-state index in [2.05, 4.69) is 9.47 Å². The Morgan fingerprint density at radius 2 is 1.80 bits per heavy atom. The van der Waals surface area contributed by atoms with Crippen LogP contribution in [-0.2, 0) is 19.1 Å². The fraction of sp³-hybridized carbons (Fsp3) is 0.750.